The van der Waals surface area contributed by atoms with E-state index in [-0.39, 0.29) is 29.8 Å². The van der Waals surface area contributed by atoms with E-state index in [1.54, 1.807) is 0 Å². The first-order valence-corrected chi connectivity index (χ1v) is 8.83. The van der Waals surface area contributed by atoms with Crippen molar-refractivity contribution < 1.29 is 14.3 Å². The molecule has 7 heteroatoms. The summed E-state index contributed by atoms with van der Waals surface area (Å²) in [6, 6.07) is 0.190. The van der Waals surface area contributed by atoms with Crippen LogP contribution in [-0.2, 0) is 14.3 Å². The molecular formula is C17H32N4O3. The number of hydrogen-bond donors (Lipinski definition) is 2. The van der Waals surface area contributed by atoms with Crippen molar-refractivity contribution in [3.63, 3.8) is 0 Å². The lowest BCUT2D eigenvalue weighted by Gasteiger charge is -2.21. The number of nitrogens with zero attached hydrogens (tertiary/aromatic N) is 2. The molecule has 1 rings (SSSR count). The normalized spacial score (nSPS) is 22.2. The van der Waals surface area contributed by atoms with E-state index in [0.717, 1.165) is 25.5 Å². The zero-order valence-corrected chi connectivity index (χ0v) is 15.6. The zero-order chi connectivity index (χ0) is 18.1. The second-order valence-electron chi connectivity index (χ2n) is 6.37. The molecule has 3 unspecified atom stereocenters. The summed E-state index contributed by atoms with van der Waals surface area (Å²) in [6.07, 6.45) is 1.28. The number of methoxy groups -OCH3 is 1. The van der Waals surface area contributed by atoms with Crippen LogP contribution in [0, 0.1) is 11.8 Å². The summed E-state index contributed by atoms with van der Waals surface area (Å²) in [4.78, 5) is 30.3. The molecule has 1 amide bonds. The van der Waals surface area contributed by atoms with Gasteiger partial charge in [0.25, 0.3) is 0 Å². The Morgan fingerprint density at radius 1 is 1.33 bits per heavy atom. The van der Waals surface area contributed by atoms with Crippen LogP contribution in [-0.4, -0.2) is 62.1 Å². The number of nitrogens with one attached hydrogen (secondary N) is 2. The van der Waals surface area contributed by atoms with Gasteiger partial charge < -0.3 is 20.3 Å². The SMILES string of the molecule is CCNC(=NCCC(=O)NC(C)CC)N1CC(C)C(C(=O)OC)C1. The number of ether oxygens (including phenoxy) is 1. The van der Waals surface area contributed by atoms with Crippen molar-refractivity contribution in [1.29, 1.82) is 0 Å². The standard InChI is InChI=1S/C17H32N4O3/c1-6-13(4)20-15(22)8-9-19-17(18-7-2)21-10-12(3)14(11-21)16(23)24-5/h12-14H,6-11H2,1-5H3,(H,18,19)(H,20,22). The summed E-state index contributed by atoms with van der Waals surface area (Å²) >= 11 is 0. The highest BCUT2D eigenvalue weighted by Crippen LogP contribution is 2.24. The van der Waals surface area contributed by atoms with Crippen molar-refractivity contribution in [2.45, 2.75) is 46.6 Å². The Kier molecular flexibility index (Phi) is 8.57. The van der Waals surface area contributed by atoms with Crippen LogP contribution < -0.4 is 10.6 Å². The summed E-state index contributed by atoms with van der Waals surface area (Å²) in [5, 5.41) is 6.18. The van der Waals surface area contributed by atoms with Crippen molar-refractivity contribution in [1.82, 2.24) is 15.5 Å². The summed E-state index contributed by atoms with van der Waals surface area (Å²) in [5.41, 5.74) is 0. The molecule has 0 spiro atoms. The lowest BCUT2D eigenvalue weighted by Crippen LogP contribution is -2.41. The third kappa shape index (κ3) is 6.02. The first-order valence-electron chi connectivity index (χ1n) is 8.83. The third-order valence-corrected chi connectivity index (χ3v) is 4.37. The maximum atomic E-state index is 11.8. The average Bonchev–Trinajstić information content (AvgIpc) is 2.94. The molecule has 0 radical (unpaired) electrons. The fourth-order valence-corrected chi connectivity index (χ4v) is 2.74. The van der Waals surface area contributed by atoms with E-state index in [0.29, 0.717) is 19.5 Å². The molecule has 0 aromatic carbocycles. The topological polar surface area (TPSA) is 83.0 Å². The molecule has 0 aromatic rings. The van der Waals surface area contributed by atoms with Crippen LogP contribution in [0.25, 0.3) is 0 Å². The molecule has 138 valence electrons. The molecule has 1 fully saturated rings. The highest BCUT2D eigenvalue weighted by molar-refractivity contribution is 5.83. The minimum Gasteiger partial charge on any atom is -0.469 e. The number of likely N-dealkylation sites (tertiary alicyclic amines) is 1. The van der Waals surface area contributed by atoms with E-state index in [1.807, 2.05) is 27.7 Å². The van der Waals surface area contributed by atoms with Crippen LogP contribution in [0.2, 0.25) is 0 Å². The predicted octanol–water partition coefficient (Wildman–Crippen LogP) is 0.998. The first kappa shape index (κ1) is 20.3. The van der Waals surface area contributed by atoms with Gasteiger partial charge in [0, 0.05) is 32.1 Å². The second-order valence-corrected chi connectivity index (χ2v) is 6.37. The van der Waals surface area contributed by atoms with Crippen molar-refractivity contribution >= 4 is 17.8 Å². The lowest BCUT2D eigenvalue weighted by molar-refractivity contribution is -0.146. The maximum Gasteiger partial charge on any atom is 0.310 e. The van der Waals surface area contributed by atoms with E-state index < -0.39 is 0 Å². The van der Waals surface area contributed by atoms with E-state index >= 15 is 0 Å². The fraction of sp³-hybridized carbons (Fsp3) is 0.824. The van der Waals surface area contributed by atoms with Crippen molar-refractivity contribution in [3.05, 3.63) is 0 Å². The van der Waals surface area contributed by atoms with Gasteiger partial charge in [-0.25, -0.2) is 0 Å². The summed E-state index contributed by atoms with van der Waals surface area (Å²) in [6.45, 7) is 10.6. The Morgan fingerprint density at radius 2 is 2.04 bits per heavy atom. The molecule has 7 nitrogen and oxygen atoms in total. The smallest absolute Gasteiger partial charge is 0.310 e. The number of rotatable bonds is 7. The van der Waals surface area contributed by atoms with E-state index in [4.69, 9.17) is 4.74 Å². The predicted molar refractivity (Wildman–Crippen MR) is 94.7 cm³/mol. The Labute approximate surface area is 145 Å². The number of amides is 1. The molecule has 0 bridgehead atoms. The van der Waals surface area contributed by atoms with Gasteiger partial charge >= 0.3 is 5.97 Å². The molecule has 0 aliphatic carbocycles. The number of aliphatic imine (C=N–C) groups is 1. The molecule has 3 atom stereocenters. The van der Waals surface area contributed by atoms with Gasteiger partial charge in [-0.2, -0.15) is 0 Å². The van der Waals surface area contributed by atoms with Gasteiger partial charge in [0.2, 0.25) is 5.91 Å². The molecule has 1 heterocycles. The summed E-state index contributed by atoms with van der Waals surface area (Å²) < 4.78 is 4.87. The Hall–Kier alpha value is -1.79. The molecule has 1 saturated heterocycles. The van der Waals surface area contributed by atoms with Crippen molar-refractivity contribution in [2.75, 3.05) is 33.3 Å². The first-order chi connectivity index (χ1) is 11.4. The monoisotopic (exact) mass is 340 g/mol. The van der Waals surface area contributed by atoms with E-state index in [2.05, 4.69) is 20.5 Å². The lowest BCUT2D eigenvalue weighted by atomic mass is 9.99. The molecule has 2 N–H and O–H groups in total. The van der Waals surface area contributed by atoms with Gasteiger partial charge in [-0.15, -0.1) is 0 Å². The highest BCUT2D eigenvalue weighted by atomic mass is 16.5. The van der Waals surface area contributed by atoms with Crippen LogP contribution in [0.15, 0.2) is 4.99 Å². The van der Waals surface area contributed by atoms with Crippen molar-refractivity contribution in [3.8, 4) is 0 Å². The minimum absolute atomic E-state index is 0.0196. The Balaban J connectivity index is 2.60. The maximum absolute atomic E-state index is 11.8. The fourth-order valence-electron chi connectivity index (χ4n) is 2.74. The number of esters is 1. The van der Waals surface area contributed by atoms with Gasteiger partial charge in [0.15, 0.2) is 5.96 Å². The molecule has 24 heavy (non-hydrogen) atoms. The number of carbonyl (C=O) groups excluding carboxylic acids is 2. The molecule has 1 aliphatic rings. The van der Waals surface area contributed by atoms with Gasteiger partial charge in [0.1, 0.15) is 0 Å². The van der Waals surface area contributed by atoms with Crippen molar-refractivity contribution in [2.24, 2.45) is 16.8 Å². The molecule has 0 aromatic heterocycles. The van der Waals surface area contributed by atoms with Crippen LogP contribution in [0.3, 0.4) is 0 Å². The van der Waals surface area contributed by atoms with Crippen LogP contribution >= 0.6 is 0 Å². The highest BCUT2D eigenvalue weighted by Gasteiger charge is 2.36. The second kappa shape index (κ2) is 10.2. The van der Waals surface area contributed by atoms with Gasteiger partial charge in [0.05, 0.1) is 19.6 Å². The van der Waals surface area contributed by atoms with Crippen LogP contribution in [0.1, 0.15) is 40.5 Å². The van der Waals surface area contributed by atoms with Crippen LogP contribution in [0.4, 0.5) is 0 Å². The largest absolute Gasteiger partial charge is 0.469 e. The number of carbonyl (C=O) groups is 2. The Morgan fingerprint density at radius 3 is 2.62 bits per heavy atom. The summed E-state index contributed by atoms with van der Waals surface area (Å²) in [5.74, 6) is 0.689. The van der Waals surface area contributed by atoms with Gasteiger partial charge in [-0.1, -0.05) is 13.8 Å². The average molecular weight is 340 g/mol. The van der Waals surface area contributed by atoms with Crippen LogP contribution in [0.5, 0.6) is 0 Å². The quantitative estimate of drug-likeness (QED) is 0.410. The van der Waals surface area contributed by atoms with Gasteiger partial charge in [-0.3, -0.25) is 14.6 Å². The summed E-state index contributed by atoms with van der Waals surface area (Å²) in [7, 11) is 1.42. The molecular weight excluding hydrogens is 308 g/mol. The minimum atomic E-state index is -0.172. The Bertz CT molecular complexity index is 453. The van der Waals surface area contributed by atoms with E-state index in [1.165, 1.54) is 7.11 Å². The number of guanidine groups is 1. The zero-order valence-electron chi connectivity index (χ0n) is 15.6. The molecule has 0 saturated carbocycles. The van der Waals surface area contributed by atoms with E-state index in [9.17, 15) is 9.59 Å². The molecule has 1 aliphatic heterocycles. The number of hydrogen-bond acceptors (Lipinski definition) is 4. The third-order valence-electron chi connectivity index (χ3n) is 4.37. The van der Waals surface area contributed by atoms with Gasteiger partial charge in [-0.05, 0) is 26.2 Å².